The Bertz CT molecular complexity index is 1100. The quantitative estimate of drug-likeness (QED) is 0.593. The number of pyridine rings is 1. The van der Waals surface area contributed by atoms with Crippen LogP contribution in [0.2, 0.25) is 5.02 Å². The molecule has 0 bridgehead atoms. The Balaban J connectivity index is 0.00000155. The van der Waals surface area contributed by atoms with Gasteiger partial charge in [-0.25, -0.2) is 9.67 Å². The third kappa shape index (κ3) is 4.91. The molecule has 0 aliphatic carbocycles. The highest BCUT2D eigenvalue weighted by Gasteiger charge is 2.31. The number of aromatic nitrogens is 3. The van der Waals surface area contributed by atoms with Crippen molar-refractivity contribution in [2.24, 2.45) is 7.05 Å². The number of halogens is 4. The minimum atomic E-state index is -4.56. The lowest BCUT2D eigenvalue weighted by molar-refractivity contribution is -0.137. The van der Waals surface area contributed by atoms with Crippen LogP contribution >= 0.6 is 11.6 Å². The second-order valence-electron chi connectivity index (χ2n) is 5.87. The molecule has 0 saturated heterocycles. The number of benzene rings is 1. The van der Waals surface area contributed by atoms with E-state index in [1.54, 1.807) is 6.92 Å². The van der Waals surface area contributed by atoms with E-state index in [-0.39, 0.29) is 33.7 Å². The van der Waals surface area contributed by atoms with Gasteiger partial charge in [0.2, 0.25) is 5.88 Å². The van der Waals surface area contributed by atoms with Crippen LogP contribution in [0.15, 0.2) is 41.3 Å². The largest absolute Gasteiger partial charge is 0.505 e. The molecule has 0 aliphatic rings. The number of aryl methyl sites for hydroxylation is 2. The van der Waals surface area contributed by atoms with Gasteiger partial charge in [-0.15, -0.1) is 0 Å². The zero-order chi connectivity index (χ0) is 22.6. The maximum atomic E-state index is 12.7. The molecule has 30 heavy (non-hydrogen) atoms. The van der Waals surface area contributed by atoms with E-state index in [1.807, 2.05) is 13.8 Å². The molecule has 3 aromatic rings. The zero-order valence-corrected chi connectivity index (χ0v) is 17.3. The van der Waals surface area contributed by atoms with E-state index in [0.29, 0.717) is 11.8 Å². The van der Waals surface area contributed by atoms with E-state index in [1.165, 1.54) is 31.3 Å². The maximum absolute atomic E-state index is 12.7. The standard InChI is InChI=1S/C18H13ClF3N3O3.C2H6/c1-9-15(26)14(17(27)25(2)24-9)10-3-5-12(6-4-10)28-16-13(19)7-11(8-23-16)18(20,21)22;1-2/h3-8,26H,1-2H3;1-2H3. The first-order valence-corrected chi connectivity index (χ1v) is 9.23. The Morgan fingerprint density at radius 2 is 1.77 bits per heavy atom. The van der Waals surface area contributed by atoms with Crippen molar-refractivity contribution in [1.82, 2.24) is 14.8 Å². The molecule has 0 fully saturated rings. The summed E-state index contributed by atoms with van der Waals surface area (Å²) in [4.78, 5) is 15.9. The van der Waals surface area contributed by atoms with Gasteiger partial charge in [-0.05, 0) is 30.7 Å². The highest BCUT2D eigenvalue weighted by molar-refractivity contribution is 6.31. The van der Waals surface area contributed by atoms with Gasteiger partial charge in [-0.3, -0.25) is 4.79 Å². The highest BCUT2D eigenvalue weighted by atomic mass is 35.5. The minimum absolute atomic E-state index is 0.0761. The van der Waals surface area contributed by atoms with Gasteiger partial charge in [-0.2, -0.15) is 18.3 Å². The Hall–Kier alpha value is -3.07. The van der Waals surface area contributed by atoms with Crippen molar-refractivity contribution in [2.45, 2.75) is 26.9 Å². The monoisotopic (exact) mass is 441 g/mol. The molecule has 0 radical (unpaired) electrons. The number of aromatic hydroxyl groups is 1. The second kappa shape index (κ2) is 9.17. The van der Waals surface area contributed by atoms with E-state index in [0.717, 1.165) is 10.7 Å². The average molecular weight is 442 g/mol. The van der Waals surface area contributed by atoms with E-state index in [9.17, 15) is 23.1 Å². The maximum Gasteiger partial charge on any atom is 0.417 e. The van der Waals surface area contributed by atoms with Crippen molar-refractivity contribution in [3.63, 3.8) is 0 Å². The SMILES string of the molecule is CC.Cc1nn(C)c(=O)c(-c2ccc(Oc3ncc(C(F)(F)F)cc3Cl)cc2)c1O. The van der Waals surface area contributed by atoms with Gasteiger partial charge in [0.1, 0.15) is 16.5 Å². The van der Waals surface area contributed by atoms with Crippen molar-refractivity contribution < 1.29 is 23.0 Å². The first-order valence-electron chi connectivity index (χ1n) is 8.86. The fraction of sp³-hybridized carbons (Fsp3) is 0.250. The summed E-state index contributed by atoms with van der Waals surface area (Å²) >= 11 is 5.82. The smallest absolute Gasteiger partial charge is 0.417 e. The number of hydrogen-bond acceptors (Lipinski definition) is 5. The lowest BCUT2D eigenvalue weighted by Crippen LogP contribution is -2.22. The predicted octanol–water partition coefficient (Wildman–Crippen LogP) is 5.35. The van der Waals surface area contributed by atoms with E-state index in [4.69, 9.17) is 16.3 Å². The zero-order valence-electron chi connectivity index (χ0n) is 16.6. The molecule has 0 saturated carbocycles. The lowest BCUT2D eigenvalue weighted by Gasteiger charge is -2.11. The third-order valence-corrected chi connectivity index (χ3v) is 4.15. The van der Waals surface area contributed by atoms with Gasteiger partial charge in [-0.1, -0.05) is 37.6 Å². The normalized spacial score (nSPS) is 10.9. The number of hydrogen-bond donors (Lipinski definition) is 1. The lowest BCUT2D eigenvalue weighted by atomic mass is 10.1. The average Bonchev–Trinajstić information content (AvgIpc) is 2.70. The summed E-state index contributed by atoms with van der Waals surface area (Å²) < 4.78 is 44.5. The Labute approximate surface area is 175 Å². The molecular formula is C20H19ClF3N3O3. The molecule has 0 amide bonds. The highest BCUT2D eigenvalue weighted by Crippen LogP contribution is 2.35. The fourth-order valence-electron chi connectivity index (χ4n) is 2.48. The molecule has 10 heteroatoms. The van der Waals surface area contributed by atoms with Crippen LogP contribution < -0.4 is 10.3 Å². The first-order chi connectivity index (χ1) is 14.1. The van der Waals surface area contributed by atoms with Crippen LogP contribution in [0.1, 0.15) is 25.1 Å². The molecule has 1 aromatic carbocycles. The van der Waals surface area contributed by atoms with Gasteiger partial charge in [0, 0.05) is 13.2 Å². The molecule has 0 spiro atoms. The van der Waals surface area contributed by atoms with Crippen molar-refractivity contribution >= 4 is 11.6 Å². The van der Waals surface area contributed by atoms with Crippen LogP contribution in [0, 0.1) is 6.92 Å². The van der Waals surface area contributed by atoms with Crippen LogP contribution in [0.5, 0.6) is 17.4 Å². The van der Waals surface area contributed by atoms with Gasteiger partial charge in [0.15, 0.2) is 5.75 Å². The summed E-state index contributed by atoms with van der Waals surface area (Å²) in [6.45, 7) is 5.56. The molecule has 0 unspecified atom stereocenters. The van der Waals surface area contributed by atoms with Crippen LogP contribution in [0.4, 0.5) is 13.2 Å². The molecule has 1 N–H and O–H groups in total. The fourth-order valence-corrected chi connectivity index (χ4v) is 2.68. The van der Waals surface area contributed by atoms with Crippen molar-refractivity contribution in [2.75, 3.05) is 0 Å². The van der Waals surface area contributed by atoms with Crippen molar-refractivity contribution in [3.8, 4) is 28.5 Å². The molecule has 160 valence electrons. The topological polar surface area (TPSA) is 77.2 Å². The van der Waals surface area contributed by atoms with Gasteiger partial charge >= 0.3 is 6.18 Å². The van der Waals surface area contributed by atoms with Crippen molar-refractivity contribution in [1.29, 1.82) is 0 Å². The molecule has 6 nitrogen and oxygen atoms in total. The number of rotatable bonds is 3. The Morgan fingerprint density at radius 1 is 1.17 bits per heavy atom. The molecule has 3 rings (SSSR count). The summed E-state index contributed by atoms with van der Waals surface area (Å²) in [6.07, 6.45) is -3.94. The summed E-state index contributed by atoms with van der Waals surface area (Å²) in [5.41, 5.74) is -0.684. The Kier molecular flexibility index (Phi) is 7.09. The number of nitrogens with zero attached hydrogens (tertiary/aromatic N) is 3. The summed E-state index contributed by atoms with van der Waals surface area (Å²) in [5.74, 6) is -0.190. The van der Waals surface area contributed by atoms with Crippen LogP contribution in [0.25, 0.3) is 11.1 Å². The molecular weight excluding hydrogens is 423 g/mol. The van der Waals surface area contributed by atoms with E-state index < -0.39 is 17.3 Å². The van der Waals surface area contributed by atoms with E-state index >= 15 is 0 Å². The van der Waals surface area contributed by atoms with Crippen LogP contribution in [-0.2, 0) is 13.2 Å². The van der Waals surface area contributed by atoms with Gasteiger partial charge < -0.3 is 9.84 Å². The summed E-state index contributed by atoms with van der Waals surface area (Å²) in [7, 11) is 1.47. The molecule has 2 aromatic heterocycles. The van der Waals surface area contributed by atoms with Crippen LogP contribution in [-0.4, -0.2) is 19.9 Å². The Morgan fingerprint density at radius 3 is 2.30 bits per heavy atom. The third-order valence-electron chi connectivity index (χ3n) is 3.88. The number of alkyl halides is 3. The molecule has 0 atom stereocenters. The summed E-state index contributed by atoms with van der Waals surface area (Å²) in [6, 6.07) is 6.70. The number of ether oxygens (including phenoxy) is 1. The molecule has 2 heterocycles. The predicted molar refractivity (Wildman–Crippen MR) is 107 cm³/mol. The van der Waals surface area contributed by atoms with Crippen LogP contribution in [0.3, 0.4) is 0 Å². The minimum Gasteiger partial charge on any atom is -0.505 e. The second-order valence-corrected chi connectivity index (χ2v) is 6.28. The molecule has 0 aliphatic heterocycles. The van der Waals surface area contributed by atoms with Gasteiger partial charge in [0.05, 0.1) is 11.1 Å². The van der Waals surface area contributed by atoms with E-state index in [2.05, 4.69) is 10.1 Å². The van der Waals surface area contributed by atoms with Gasteiger partial charge in [0.25, 0.3) is 5.56 Å². The summed E-state index contributed by atoms with van der Waals surface area (Å²) in [5, 5.41) is 13.8. The van der Waals surface area contributed by atoms with Crippen molar-refractivity contribution in [3.05, 3.63) is 63.2 Å². The first kappa shape index (κ1) is 23.2.